The van der Waals surface area contributed by atoms with Crippen LogP contribution in [0.4, 0.5) is 19.0 Å². The lowest BCUT2D eigenvalue weighted by Gasteiger charge is -2.32. The number of halogens is 4. The molecule has 10 nitrogen and oxygen atoms in total. The van der Waals surface area contributed by atoms with Crippen LogP contribution in [0.3, 0.4) is 0 Å². The zero-order chi connectivity index (χ0) is 35.6. The summed E-state index contributed by atoms with van der Waals surface area (Å²) >= 11 is 1.92. The van der Waals surface area contributed by atoms with Crippen molar-refractivity contribution in [3.8, 4) is 11.3 Å². The molecule has 1 fully saturated rings. The molecule has 4 rings (SSSR count). The summed E-state index contributed by atoms with van der Waals surface area (Å²) in [5, 5.41) is 12.4. The Hall–Kier alpha value is -2.62. The fourth-order valence-corrected chi connectivity index (χ4v) is 7.65. The molecular weight excluding hydrogens is 763 g/mol. The van der Waals surface area contributed by atoms with Crippen LogP contribution in [0.2, 0.25) is 0 Å². The number of nitrogen functional groups attached to an aromatic ring is 1. The van der Waals surface area contributed by atoms with Crippen molar-refractivity contribution in [3.05, 3.63) is 74.6 Å². The number of aliphatic hydroxyl groups excluding tert-OH is 1. The molecule has 0 aliphatic heterocycles. The second kappa shape index (κ2) is 15.1. The number of aliphatic hydroxyl groups is 1. The maximum absolute atomic E-state index is 15.6. The van der Waals surface area contributed by atoms with E-state index in [4.69, 9.17) is 19.3 Å². The predicted molar refractivity (Wildman–Crippen MR) is 184 cm³/mol. The molecule has 15 heteroatoms. The van der Waals surface area contributed by atoms with Crippen LogP contribution >= 0.6 is 30.4 Å². The van der Waals surface area contributed by atoms with Crippen molar-refractivity contribution in [2.75, 3.05) is 12.3 Å². The van der Waals surface area contributed by atoms with Gasteiger partial charge in [-0.25, -0.2) is 27.7 Å². The molecule has 1 aliphatic rings. The summed E-state index contributed by atoms with van der Waals surface area (Å²) in [6.07, 6.45) is -0.123. The van der Waals surface area contributed by atoms with Gasteiger partial charge >= 0.3 is 7.82 Å². The maximum Gasteiger partial charge on any atom is 0.475 e. The molecule has 1 aliphatic carbocycles. The van der Waals surface area contributed by atoms with Gasteiger partial charge in [-0.3, -0.25) is 18.4 Å². The fraction of sp³-hybridized carbons (Fsp3) is 0.485. The number of nitrogens with two attached hydrogens (primary N) is 1. The van der Waals surface area contributed by atoms with E-state index in [9.17, 15) is 23.2 Å². The van der Waals surface area contributed by atoms with E-state index >= 15 is 4.39 Å². The molecule has 4 N–H and O–H groups in total. The maximum atomic E-state index is 15.6. The third-order valence-electron chi connectivity index (χ3n) is 7.23. The van der Waals surface area contributed by atoms with E-state index in [2.05, 4.69) is 15.3 Å². The Bertz CT molecular complexity index is 1650. The Labute approximate surface area is 292 Å². The summed E-state index contributed by atoms with van der Waals surface area (Å²) in [5.41, 5.74) is 5.00. The Kier molecular flexibility index (Phi) is 12.0. The second-order valence-corrected chi connectivity index (χ2v) is 16.5. The largest absolute Gasteiger partial charge is 0.475 e. The number of rotatable bonds is 10. The number of anilines is 1. The Balaban J connectivity index is 1.60. The lowest BCUT2D eigenvalue weighted by Crippen LogP contribution is -2.33. The van der Waals surface area contributed by atoms with Crippen molar-refractivity contribution >= 4 is 42.1 Å². The molecule has 262 valence electrons. The van der Waals surface area contributed by atoms with E-state index in [1.807, 2.05) is 22.6 Å². The van der Waals surface area contributed by atoms with Crippen LogP contribution in [0, 0.1) is 15.2 Å². The molecule has 0 saturated heterocycles. The van der Waals surface area contributed by atoms with Gasteiger partial charge in [-0.1, -0.05) is 6.07 Å². The summed E-state index contributed by atoms with van der Waals surface area (Å²) in [5.74, 6) is -2.64. The van der Waals surface area contributed by atoms with Crippen LogP contribution < -0.4 is 11.1 Å². The smallest absolute Gasteiger partial charge is 0.390 e. The second-order valence-electron chi connectivity index (χ2n) is 13.7. The minimum Gasteiger partial charge on any atom is -0.390 e. The van der Waals surface area contributed by atoms with E-state index in [0.29, 0.717) is 15.7 Å². The molecule has 0 bridgehead atoms. The van der Waals surface area contributed by atoms with E-state index in [1.54, 1.807) is 47.6 Å². The van der Waals surface area contributed by atoms with Crippen LogP contribution in [0.25, 0.3) is 11.3 Å². The Morgan fingerprint density at radius 3 is 2.35 bits per heavy atom. The molecule has 0 unspecified atom stereocenters. The number of carbonyl (C=O) groups is 1. The first-order valence-electron chi connectivity index (χ1n) is 15.4. The van der Waals surface area contributed by atoms with Gasteiger partial charge in [0.1, 0.15) is 29.3 Å². The SMILES string of the molecule is CC(C)(C)OP(=O)(OC[C@H](NC(=O)c1ccc(-c2nc([C@H]3CC[C@H](O)[C@@H](F)C3)cnc2N)cc1F)c1cc(F)cc(I)c1)OC(C)(C)C. The number of alkyl halides is 1. The molecule has 1 saturated carbocycles. The highest BCUT2D eigenvalue weighted by atomic mass is 127. The highest BCUT2D eigenvalue weighted by Gasteiger charge is 2.38. The third kappa shape index (κ3) is 10.4. The molecule has 1 aromatic heterocycles. The van der Waals surface area contributed by atoms with Crippen LogP contribution in [-0.4, -0.2) is 51.1 Å². The Morgan fingerprint density at radius 2 is 1.77 bits per heavy atom. The van der Waals surface area contributed by atoms with Crippen molar-refractivity contribution in [1.82, 2.24) is 15.3 Å². The summed E-state index contributed by atoms with van der Waals surface area (Å²) in [6.45, 7) is 9.57. The number of hydrogen-bond donors (Lipinski definition) is 3. The minimum absolute atomic E-state index is 0.0142. The first-order valence-corrected chi connectivity index (χ1v) is 17.9. The molecule has 1 heterocycles. The predicted octanol–water partition coefficient (Wildman–Crippen LogP) is 7.80. The van der Waals surface area contributed by atoms with E-state index < -0.39 is 61.5 Å². The number of hydrogen-bond acceptors (Lipinski definition) is 9. The van der Waals surface area contributed by atoms with Gasteiger partial charge in [-0.2, -0.15) is 0 Å². The number of phosphoric acid groups is 1. The number of carbonyl (C=O) groups excluding carboxylic acids is 1. The minimum atomic E-state index is -4.23. The zero-order valence-electron chi connectivity index (χ0n) is 27.6. The molecular formula is C33H41F3IN4O6P. The standard InChI is InChI=1S/C33H41F3IN4O6P/c1-32(2,3)46-48(44,47-33(4,5)6)45-17-27(20-11-21(34)15-22(37)12-20)41-31(43)23-9-7-19(14-24(23)35)29-30(38)39-16-26(40-29)18-8-10-28(42)25(36)13-18/h7,9,11-12,14-16,18,25,27-28,42H,8,10,13,17H2,1-6H3,(H2,38,39)(H,41,43)/t18-,25-,27-,28-/m0/s1. The van der Waals surface area contributed by atoms with E-state index in [-0.39, 0.29) is 47.0 Å². The van der Waals surface area contributed by atoms with E-state index in [1.165, 1.54) is 30.5 Å². The van der Waals surface area contributed by atoms with E-state index in [0.717, 1.165) is 6.07 Å². The third-order valence-corrected chi connectivity index (χ3v) is 9.86. The van der Waals surface area contributed by atoms with Crippen LogP contribution in [0.5, 0.6) is 0 Å². The number of amides is 1. The molecule has 2 aromatic carbocycles. The molecule has 1 amide bonds. The van der Waals surface area contributed by atoms with Gasteiger partial charge < -0.3 is 16.2 Å². The number of phosphoric ester groups is 1. The van der Waals surface area contributed by atoms with Crippen LogP contribution in [0.1, 0.15) is 94.4 Å². The Morgan fingerprint density at radius 1 is 1.10 bits per heavy atom. The quantitative estimate of drug-likeness (QED) is 0.138. The highest BCUT2D eigenvalue weighted by molar-refractivity contribution is 14.1. The van der Waals surface area contributed by atoms with Gasteiger partial charge in [0.25, 0.3) is 5.91 Å². The van der Waals surface area contributed by atoms with Gasteiger partial charge in [0.2, 0.25) is 0 Å². The van der Waals surface area contributed by atoms with Crippen LogP contribution in [0.15, 0.2) is 42.6 Å². The number of nitrogens with zero attached hydrogens (tertiary/aromatic N) is 2. The monoisotopic (exact) mass is 804 g/mol. The lowest BCUT2D eigenvalue weighted by molar-refractivity contribution is 0.000610. The first kappa shape index (κ1) is 38.2. The average Bonchev–Trinajstić information content (AvgIpc) is 2.94. The van der Waals surface area contributed by atoms with Gasteiger partial charge in [0, 0.05) is 15.1 Å². The van der Waals surface area contributed by atoms with Gasteiger partial charge in [0.15, 0.2) is 0 Å². The molecule has 48 heavy (non-hydrogen) atoms. The first-order chi connectivity index (χ1) is 22.2. The van der Waals surface area contributed by atoms with Crippen molar-refractivity contribution in [1.29, 1.82) is 0 Å². The summed E-state index contributed by atoms with van der Waals surface area (Å²) in [7, 11) is -4.23. The van der Waals surface area contributed by atoms with Gasteiger partial charge in [-0.05, 0) is 119 Å². The fourth-order valence-electron chi connectivity index (χ4n) is 5.18. The summed E-state index contributed by atoms with van der Waals surface area (Å²) < 4.78 is 75.6. The van der Waals surface area contributed by atoms with Crippen molar-refractivity contribution < 1.29 is 41.2 Å². The summed E-state index contributed by atoms with van der Waals surface area (Å²) in [4.78, 5) is 22.2. The highest BCUT2D eigenvalue weighted by Crippen LogP contribution is 2.55. The number of nitrogens with one attached hydrogen (secondary N) is 1. The molecule has 0 radical (unpaired) electrons. The molecule has 4 atom stereocenters. The molecule has 0 spiro atoms. The lowest BCUT2D eigenvalue weighted by atomic mass is 9.84. The number of aromatic nitrogens is 2. The normalized spacial score (nSPS) is 19.6. The molecule has 3 aromatic rings. The van der Waals surface area contributed by atoms with Gasteiger partial charge in [0.05, 0.1) is 47.4 Å². The van der Waals surface area contributed by atoms with Crippen molar-refractivity contribution in [2.24, 2.45) is 0 Å². The van der Waals surface area contributed by atoms with Gasteiger partial charge in [-0.15, -0.1) is 0 Å². The summed E-state index contributed by atoms with van der Waals surface area (Å²) in [6, 6.07) is 6.74. The van der Waals surface area contributed by atoms with Crippen molar-refractivity contribution in [2.45, 2.75) is 96.2 Å². The average molecular weight is 805 g/mol. The number of benzene rings is 2. The topological polar surface area (TPSA) is 146 Å². The van der Waals surface area contributed by atoms with Crippen molar-refractivity contribution in [3.63, 3.8) is 0 Å². The van der Waals surface area contributed by atoms with Crippen LogP contribution in [-0.2, 0) is 18.1 Å². The zero-order valence-corrected chi connectivity index (χ0v) is 30.7.